The first-order valence-corrected chi connectivity index (χ1v) is 11.1. The number of halogens is 1. The Morgan fingerprint density at radius 3 is 2.58 bits per heavy atom. The van der Waals surface area contributed by atoms with Gasteiger partial charge in [0.15, 0.2) is 0 Å². The molecule has 0 unspecified atom stereocenters. The predicted molar refractivity (Wildman–Crippen MR) is 120 cm³/mol. The number of aromatic nitrogens is 2. The lowest BCUT2D eigenvalue weighted by Gasteiger charge is -2.28. The van der Waals surface area contributed by atoms with Gasteiger partial charge < -0.3 is 9.88 Å². The number of aromatic amines is 1. The van der Waals surface area contributed by atoms with E-state index >= 15 is 0 Å². The van der Waals surface area contributed by atoms with Crippen LogP contribution in [-0.4, -0.2) is 27.3 Å². The average Bonchev–Trinajstić information content (AvgIpc) is 3.61. The number of hydrogen-bond donors (Lipinski definition) is 1. The Hall–Kier alpha value is -2.92. The van der Waals surface area contributed by atoms with Gasteiger partial charge in [-0.15, -0.1) is 0 Å². The number of carbonyl (C=O) groups excluding carboxylic acids is 1. The summed E-state index contributed by atoms with van der Waals surface area (Å²) >= 11 is 6.20. The molecule has 5 rings (SSSR count). The summed E-state index contributed by atoms with van der Waals surface area (Å²) in [5, 5.41) is 0.680. The van der Waals surface area contributed by atoms with Crippen LogP contribution >= 0.6 is 11.6 Å². The van der Waals surface area contributed by atoms with Crippen molar-refractivity contribution in [2.24, 2.45) is 0 Å². The minimum absolute atomic E-state index is 0.0389. The number of hydrogen-bond acceptors (Lipinski definition) is 3. The topological polar surface area (TPSA) is 66.1 Å². The summed E-state index contributed by atoms with van der Waals surface area (Å²) in [6.45, 7) is 0.903. The number of aryl methyl sites for hydroxylation is 1. The van der Waals surface area contributed by atoms with Crippen molar-refractivity contribution in [1.82, 2.24) is 14.9 Å². The first kappa shape index (κ1) is 20.0. The van der Waals surface area contributed by atoms with Crippen LogP contribution in [0.4, 0.5) is 0 Å². The van der Waals surface area contributed by atoms with E-state index in [2.05, 4.69) is 17.1 Å². The fourth-order valence-electron chi connectivity index (χ4n) is 4.51. The molecule has 1 aliphatic heterocycles. The fourth-order valence-corrected chi connectivity index (χ4v) is 4.74. The number of nitrogens with one attached hydrogen (secondary N) is 1. The summed E-state index contributed by atoms with van der Waals surface area (Å²) < 4.78 is 0. The van der Waals surface area contributed by atoms with Crippen molar-refractivity contribution >= 4 is 17.5 Å². The van der Waals surface area contributed by atoms with Crippen LogP contribution < -0.4 is 5.56 Å². The largest absolute Gasteiger partial charge is 0.338 e. The van der Waals surface area contributed by atoms with Crippen molar-refractivity contribution in [3.8, 4) is 0 Å². The van der Waals surface area contributed by atoms with E-state index in [1.165, 1.54) is 5.56 Å². The first-order chi connectivity index (χ1) is 15.1. The van der Waals surface area contributed by atoms with Crippen LogP contribution in [-0.2, 0) is 29.6 Å². The summed E-state index contributed by atoms with van der Waals surface area (Å²) in [7, 11) is 0. The molecule has 3 aromatic rings. The summed E-state index contributed by atoms with van der Waals surface area (Å²) in [6, 6.07) is 17.8. The third-order valence-electron chi connectivity index (χ3n) is 6.52. The highest BCUT2D eigenvalue weighted by Gasteiger charge is 2.48. The zero-order valence-corrected chi connectivity index (χ0v) is 18.0. The Morgan fingerprint density at radius 2 is 1.84 bits per heavy atom. The maximum absolute atomic E-state index is 12.9. The van der Waals surface area contributed by atoms with Gasteiger partial charge in [0.05, 0.1) is 23.2 Å². The smallest absolute Gasteiger partial charge is 0.256 e. The molecule has 5 nitrogen and oxygen atoms in total. The van der Waals surface area contributed by atoms with Crippen LogP contribution in [0.1, 0.15) is 47.5 Å². The second-order valence-corrected chi connectivity index (χ2v) is 8.85. The highest BCUT2D eigenvalue weighted by atomic mass is 35.5. The Morgan fingerprint density at radius 1 is 1.10 bits per heavy atom. The maximum Gasteiger partial charge on any atom is 0.256 e. The Labute approximate surface area is 186 Å². The summed E-state index contributed by atoms with van der Waals surface area (Å²) in [5.74, 6) is 0.804. The molecule has 1 N–H and O–H groups in total. The predicted octanol–water partition coefficient (Wildman–Crippen LogP) is 4.02. The lowest BCUT2D eigenvalue weighted by Crippen LogP contribution is -2.40. The molecule has 0 spiro atoms. The molecule has 0 bridgehead atoms. The highest BCUT2D eigenvalue weighted by Crippen LogP contribution is 2.51. The molecule has 0 atom stereocenters. The molecular formula is C25H24ClN3O2. The molecule has 2 aromatic carbocycles. The van der Waals surface area contributed by atoms with Crippen LogP contribution in [0.25, 0.3) is 0 Å². The van der Waals surface area contributed by atoms with Gasteiger partial charge in [-0.2, -0.15) is 0 Å². The van der Waals surface area contributed by atoms with Crippen LogP contribution in [0.5, 0.6) is 0 Å². The van der Waals surface area contributed by atoms with Gasteiger partial charge in [-0.3, -0.25) is 9.59 Å². The third kappa shape index (κ3) is 3.79. The molecule has 31 heavy (non-hydrogen) atoms. The van der Waals surface area contributed by atoms with Gasteiger partial charge in [0, 0.05) is 24.4 Å². The number of nitrogens with zero attached hydrogens (tertiary/aromatic N) is 2. The summed E-state index contributed by atoms with van der Waals surface area (Å²) in [6.07, 6.45) is 3.56. The van der Waals surface area contributed by atoms with E-state index in [1.54, 1.807) is 4.90 Å². The Bertz CT molecular complexity index is 1180. The monoisotopic (exact) mass is 433 g/mol. The van der Waals surface area contributed by atoms with Crippen molar-refractivity contribution < 1.29 is 4.79 Å². The lowest BCUT2D eigenvalue weighted by atomic mass is 9.94. The quantitative estimate of drug-likeness (QED) is 0.660. The summed E-state index contributed by atoms with van der Waals surface area (Å²) in [4.78, 5) is 35.4. The van der Waals surface area contributed by atoms with Crippen LogP contribution in [0, 0.1) is 0 Å². The van der Waals surface area contributed by atoms with Gasteiger partial charge >= 0.3 is 0 Å². The number of amides is 1. The van der Waals surface area contributed by atoms with E-state index in [0.29, 0.717) is 42.9 Å². The van der Waals surface area contributed by atoms with Crippen molar-refractivity contribution in [2.75, 3.05) is 6.54 Å². The van der Waals surface area contributed by atoms with E-state index < -0.39 is 0 Å². The fraction of sp³-hybridized carbons (Fsp3) is 0.320. The van der Waals surface area contributed by atoms with Gasteiger partial charge in [-0.1, -0.05) is 60.1 Å². The molecule has 1 saturated carbocycles. The van der Waals surface area contributed by atoms with Crippen LogP contribution in [0.15, 0.2) is 59.4 Å². The van der Waals surface area contributed by atoms with Crippen molar-refractivity contribution in [2.45, 2.75) is 44.1 Å². The number of benzene rings is 2. The van der Waals surface area contributed by atoms with Crippen molar-refractivity contribution in [3.05, 3.63) is 98.2 Å². The molecule has 1 fully saturated rings. The molecule has 2 aliphatic rings. The number of rotatable bonds is 5. The average molecular weight is 434 g/mol. The first-order valence-electron chi connectivity index (χ1n) is 10.8. The van der Waals surface area contributed by atoms with Gasteiger partial charge in [-0.25, -0.2) is 4.98 Å². The molecule has 158 valence electrons. The lowest BCUT2D eigenvalue weighted by molar-refractivity contribution is -0.132. The third-order valence-corrected chi connectivity index (χ3v) is 6.89. The highest BCUT2D eigenvalue weighted by molar-refractivity contribution is 6.31. The second kappa shape index (κ2) is 7.97. The van der Waals surface area contributed by atoms with E-state index in [0.717, 1.165) is 29.9 Å². The van der Waals surface area contributed by atoms with Crippen LogP contribution in [0.3, 0.4) is 0 Å². The normalized spacial score (nSPS) is 16.6. The van der Waals surface area contributed by atoms with Crippen LogP contribution in [0.2, 0.25) is 5.02 Å². The second-order valence-electron chi connectivity index (χ2n) is 8.44. The van der Waals surface area contributed by atoms with Gasteiger partial charge in [0.2, 0.25) is 5.91 Å². The maximum atomic E-state index is 12.9. The molecule has 1 aromatic heterocycles. The van der Waals surface area contributed by atoms with Gasteiger partial charge in [-0.05, 0) is 36.5 Å². The molecular weight excluding hydrogens is 410 g/mol. The van der Waals surface area contributed by atoms with Crippen molar-refractivity contribution in [3.63, 3.8) is 0 Å². The zero-order chi connectivity index (χ0) is 21.4. The Balaban J connectivity index is 1.33. The van der Waals surface area contributed by atoms with E-state index in [-0.39, 0.29) is 16.9 Å². The molecule has 6 heteroatoms. The zero-order valence-electron chi connectivity index (χ0n) is 17.2. The summed E-state index contributed by atoms with van der Waals surface area (Å²) in [5.41, 5.74) is 3.32. The SMILES string of the molecule is O=C(CCc1ccccc1Cl)N1CCc2nc(C3(c4ccccc4)CC3)[nH]c(=O)c2C1. The van der Waals surface area contributed by atoms with Crippen molar-refractivity contribution in [1.29, 1.82) is 0 Å². The number of carbonyl (C=O) groups is 1. The molecule has 1 aliphatic carbocycles. The molecule has 1 amide bonds. The minimum atomic E-state index is -0.169. The molecule has 0 radical (unpaired) electrons. The van der Waals surface area contributed by atoms with Gasteiger partial charge in [0.25, 0.3) is 5.56 Å². The standard InChI is InChI=1S/C25H24ClN3O2/c26-20-9-5-4-6-17(20)10-11-22(30)29-15-12-21-19(16-29)23(31)28-24(27-21)25(13-14-25)18-7-2-1-3-8-18/h1-9H,10-16H2,(H,27,28,31). The molecule has 0 saturated heterocycles. The van der Waals surface area contributed by atoms with E-state index in [4.69, 9.17) is 16.6 Å². The van der Waals surface area contributed by atoms with E-state index in [1.807, 2.05) is 42.5 Å². The molecule has 2 heterocycles. The number of fused-ring (bicyclic) bond motifs is 1. The number of H-pyrrole nitrogens is 1. The Kier molecular flexibility index (Phi) is 5.14. The minimum Gasteiger partial charge on any atom is -0.338 e. The van der Waals surface area contributed by atoms with E-state index in [9.17, 15) is 9.59 Å². The van der Waals surface area contributed by atoms with Gasteiger partial charge in [0.1, 0.15) is 5.82 Å².